The number of fused-ring (bicyclic) bond motifs is 2. The molecule has 0 amide bonds. The minimum absolute atomic E-state index is 0.163. The third kappa shape index (κ3) is 5.57. The van der Waals surface area contributed by atoms with Crippen LogP contribution in [0.15, 0.2) is 66.0 Å². The van der Waals surface area contributed by atoms with Gasteiger partial charge in [-0.25, -0.2) is 19.9 Å². The summed E-state index contributed by atoms with van der Waals surface area (Å²) in [4.78, 5) is 45.8. The van der Waals surface area contributed by atoms with E-state index < -0.39 is 5.97 Å². The Balaban J connectivity index is 1.54. The van der Waals surface area contributed by atoms with Crippen LogP contribution in [0.3, 0.4) is 0 Å². The molecule has 0 aliphatic rings. The molecule has 3 aromatic heterocycles. The maximum absolute atomic E-state index is 14.2. The molecule has 0 unspecified atom stereocenters. The van der Waals surface area contributed by atoms with Crippen molar-refractivity contribution >= 4 is 39.5 Å². The molecule has 11 nitrogen and oxygen atoms in total. The number of carbonyl (C=O) groups is 1. The summed E-state index contributed by atoms with van der Waals surface area (Å²) in [5.41, 5.74) is 3.06. The topological polar surface area (TPSA) is 151 Å². The van der Waals surface area contributed by atoms with E-state index in [4.69, 9.17) is 10.1 Å². The van der Waals surface area contributed by atoms with Gasteiger partial charge in [0.05, 0.1) is 29.0 Å². The van der Waals surface area contributed by atoms with E-state index in [0.717, 1.165) is 12.8 Å². The van der Waals surface area contributed by atoms with Gasteiger partial charge < -0.3 is 20.7 Å². The van der Waals surface area contributed by atoms with E-state index in [9.17, 15) is 9.59 Å². The van der Waals surface area contributed by atoms with Crippen LogP contribution in [0.5, 0.6) is 0 Å². The number of carboxylic acid groups (broad SMARTS) is 1. The summed E-state index contributed by atoms with van der Waals surface area (Å²) in [7, 11) is 0. The molecule has 0 spiro atoms. The van der Waals surface area contributed by atoms with Crippen LogP contribution < -0.4 is 16.2 Å². The van der Waals surface area contributed by atoms with E-state index in [1.807, 2.05) is 55.5 Å². The predicted molar refractivity (Wildman–Crippen MR) is 150 cm³/mol. The summed E-state index contributed by atoms with van der Waals surface area (Å²) < 4.78 is 1.66. The highest BCUT2D eigenvalue weighted by Crippen LogP contribution is 2.27. The summed E-state index contributed by atoms with van der Waals surface area (Å²) in [6.45, 7) is 2.65. The molecular weight excluding hydrogens is 496 g/mol. The van der Waals surface area contributed by atoms with Crippen LogP contribution >= 0.6 is 0 Å². The Morgan fingerprint density at radius 2 is 1.90 bits per heavy atom. The second-order valence-electron chi connectivity index (χ2n) is 9.21. The number of benzene rings is 2. The number of hydrogen-bond acceptors (Lipinski definition) is 8. The first-order valence-corrected chi connectivity index (χ1v) is 13.0. The lowest BCUT2D eigenvalue weighted by molar-refractivity contribution is -0.137. The SMILES string of the molecule is CC[C@H](Nc1ncnc2nc[nH]c12)c1nc2cccc(NCCCCCC(=O)O)c2c(=O)n1-c1ccccc1. The third-order valence-electron chi connectivity index (χ3n) is 6.57. The molecule has 0 aliphatic carbocycles. The Morgan fingerprint density at radius 3 is 2.69 bits per heavy atom. The number of rotatable bonds is 12. The minimum atomic E-state index is -0.783. The highest BCUT2D eigenvalue weighted by atomic mass is 16.4. The average molecular weight is 527 g/mol. The number of imidazole rings is 1. The zero-order valence-electron chi connectivity index (χ0n) is 21.6. The summed E-state index contributed by atoms with van der Waals surface area (Å²) in [6.07, 6.45) is 6.04. The van der Waals surface area contributed by atoms with E-state index in [2.05, 4.69) is 30.6 Å². The van der Waals surface area contributed by atoms with E-state index in [0.29, 0.717) is 64.5 Å². The van der Waals surface area contributed by atoms with Crippen molar-refractivity contribution in [2.45, 2.75) is 45.1 Å². The van der Waals surface area contributed by atoms with Gasteiger partial charge in [0.2, 0.25) is 0 Å². The van der Waals surface area contributed by atoms with Gasteiger partial charge in [0.1, 0.15) is 17.7 Å². The molecule has 5 aromatic rings. The number of aromatic nitrogens is 6. The van der Waals surface area contributed by atoms with Crippen molar-refractivity contribution in [1.82, 2.24) is 29.5 Å². The van der Waals surface area contributed by atoms with Gasteiger partial charge in [-0.3, -0.25) is 14.2 Å². The van der Waals surface area contributed by atoms with Crippen molar-refractivity contribution in [2.75, 3.05) is 17.2 Å². The predicted octanol–water partition coefficient (Wildman–Crippen LogP) is 4.67. The standard InChI is InChI=1S/C28H30N8O3/c1-2-19(34-26-24-25(31-16-30-24)32-17-33-26)27-35-21-13-9-12-20(29-15-8-4-7-14-22(37)38)23(21)28(39)36(27)18-10-5-3-6-11-18/h3,5-6,9-13,16-17,19,29H,2,4,7-8,14-15H2,1H3,(H,37,38)(H2,30,31,32,33,34)/t19-/m0/s1. The lowest BCUT2D eigenvalue weighted by atomic mass is 10.1. The molecule has 0 saturated carbocycles. The molecule has 2 aromatic carbocycles. The maximum Gasteiger partial charge on any atom is 0.303 e. The number of aromatic amines is 1. The van der Waals surface area contributed by atoms with Gasteiger partial charge in [-0.1, -0.05) is 37.6 Å². The number of para-hydroxylation sites is 1. The van der Waals surface area contributed by atoms with E-state index >= 15 is 0 Å². The van der Waals surface area contributed by atoms with E-state index in [1.165, 1.54) is 6.33 Å². The molecule has 0 radical (unpaired) electrons. The summed E-state index contributed by atoms with van der Waals surface area (Å²) in [5, 5.41) is 16.2. The number of H-pyrrole nitrogens is 1. The molecule has 3 heterocycles. The molecule has 1 atom stereocenters. The lowest BCUT2D eigenvalue weighted by Gasteiger charge is -2.23. The first-order chi connectivity index (χ1) is 19.1. The number of carboxylic acids is 1. The monoisotopic (exact) mass is 526 g/mol. The Labute approximate surface area is 224 Å². The largest absolute Gasteiger partial charge is 0.481 e. The number of aliphatic carboxylic acids is 1. The quantitative estimate of drug-likeness (QED) is 0.170. The number of anilines is 2. The second-order valence-corrected chi connectivity index (χ2v) is 9.21. The van der Waals surface area contributed by atoms with Gasteiger partial charge in [-0.15, -0.1) is 0 Å². The summed E-state index contributed by atoms with van der Waals surface area (Å²) in [5.74, 6) is 0.365. The van der Waals surface area contributed by atoms with Crippen molar-refractivity contribution in [1.29, 1.82) is 0 Å². The average Bonchev–Trinajstić information content (AvgIpc) is 3.43. The molecule has 39 heavy (non-hydrogen) atoms. The summed E-state index contributed by atoms with van der Waals surface area (Å²) in [6, 6.07) is 14.7. The van der Waals surface area contributed by atoms with Gasteiger partial charge in [-0.05, 0) is 43.5 Å². The van der Waals surface area contributed by atoms with Crippen LogP contribution in [0.25, 0.3) is 27.8 Å². The lowest BCUT2D eigenvalue weighted by Crippen LogP contribution is -2.29. The van der Waals surface area contributed by atoms with Crippen LogP contribution in [0.4, 0.5) is 11.5 Å². The molecule has 200 valence electrons. The Bertz CT molecular complexity index is 1650. The van der Waals surface area contributed by atoms with Gasteiger partial charge in [-0.2, -0.15) is 0 Å². The van der Waals surface area contributed by atoms with Crippen molar-refractivity contribution in [3.05, 3.63) is 77.4 Å². The van der Waals surface area contributed by atoms with Gasteiger partial charge in [0.25, 0.3) is 5.56 Å². The van der Waals surface area contributed by atoms with Gasteiger partial charge >= 0.3 is 5.97 Å². The number of hydrogen-bond donors (Lipinski definition) is 4. The number of nitrogens with one attached hydrogen (secondary N) is 3. The van der Waals surface area contributed by atoms with Crippen LogP contribution in [0.1, 0.15) is 50.9 Å². The molecule has 0 fully saturated rings. The Kier molecular flexibility index (Phi) is 7.76. The molecule has 0 saturated heterocycles. The van der Waals surface area contributed by atoms with E-state index in [-0.39, 0.29) is 18.0 Å². The fourth-order valence-corrected chi connectivity index (χ4v) is 4.64. The molecule has 0 bridgehead atoms. The van der Waals surface area contributed by atoms with Gasteiger partial charge in [0, 0.05) is 18.7 Å². The second kappa shape index (κ2) is 11.7. The molecule has 0 aliphatic heterocycles. The fraction of sp³-hybridized carbons (Fsp3) is 0.286. The molecular formula is C28H30N8O3. The zero-order chi connectivity index (χ0) is 27.2. The third-order valence-corrected chi connectivity index (χ3v) is 6.57. The maximum atomic E-state index is 14.2. The highest BCUT2D eigenvalue weighted by Gasteiger charge is 2.23. The van der Waals surface area contributed by atoms with Crippen molar-refractivity contribution < 1.29 is 9.90 Å². The zero-order valence-corrected chi connectivity index (χ0v) is 21.6. The Morgan fingerprint density at radius 1 is 1.05 bits per heavy atom. The van der Waals surface area contributed by atoms with Crippen LogP contribution in [0.2, 0.25) is 0 Å². The van der Waals surface area contributed by atoms with E-state index in [1.54, 1.807) is 10.9 Å². The smallest absolute Gasteiger partial charge is 0.303 e. The van der Waals surface area contributed by atoms with Gasteiger partial charge in [0.15, 0.2) is 11.5 Å². The molecule has 5 rings (SSSR count). The van der Waals surface area contributed by atoms with Crippen molar-refractivity contribution in [3.8, 4) is 5.69 Å². The van der Waals surface area contributed by atoms with Crippen molar-refractivity contribution in [2.24, 2.45) is 0 Å². The normalized spacial score (nSPS) is 12.0. The van der Waals surface area contributed by atoms with Crippen LogP contribution in [-0.4, -0.2) is 47.1 Å². The first-order valence-electron chi connectivity index (χ1n) is 13.0. The molecule has 4 N–H and O–H groups in total. The minimum Gasteiger partial charge on any atom is -0.481 e. The summed E-state index contributed by atoms with van der Waals surface area (Å²) >= 11 is 0. The van der Waals surface area contributed by atoms with Crippen molar-refractivity contribution in [3.63, 3.8) is 0 Å². The fourth-order valence-electron chi connectivity index (χ4n) is 4.64. The molecule has 11 heteroatoms. The highest BCUT2D eigenvalue weighted by molar-refractivity contribution is 5.91. The Hall–Kier alpha value is -4.80. The van der Waals surface area contributed by atoms with Crippen LogP contribution in [0, 0.1) is 0 Å². The van der Waals surface area contributed by atoms with Crippen LogP contribution in [-0.2, 0) is 4.79 Å². The number of unbranched alkanes of at least 4 members (excludes halogenated alkanes) is 2. The number of nitrogens with zero attached hydrogens (tertiary/aromatic N) is 5. The first kappa shape index (κ1) is 25.8.